The first-order chi connectivity index (χ1) is 13.0. The Hall–Kier alpha value is -1.71. The lowest BCUT2D eigenvalue weighted by Crippen LogP contribution is -2.38. The molecule has 1 heterocycles. The fraction of sp³-hybridized carbons (Fsp3) is 0.500. The predicted octanol–water partition coefficient (Wildman–Crippen LogP) is 3.74. The molecule has 2 N–H and O–H groups in total. The Morgan fingerprint density at radius 1 is 1.14 bits per heavy atom. The van der Waals surface area contributed by atoms with Gasteiger partial charge in [-0.2, -0.15) is 5.10 Å². The average molecular weight is 505 g/mol. The summed E-state index contributed by atoms with van der Waals surface area (Å²) in [5.41, 5.74) is 3.77. The number of nitrogens with zero attached hydrogens (tertiary/aromatic N) is 3. The summed E-state index contributed by atoms with van der Waals surface area (Å²) in [5, 5.41) is 11.0. The molecule has 0 saturated heterocycles. The van der Waals surface area contributed by atoms with Gasteiger partial charge in [-0.15, -0.1) is 24.0 Å². The van der Waals surface area contributed by atoms with Crippen LogP contribution in [0.2, 0.25) is 0 Å². The standard InChI is InChI=1S/C20H29F2N5.HI/c1-5-18-16(19(6-2)27(4)26-18)13-25-20(23-7-3)24-11-10-14-12-15(21)8-9-17(14)22;/h8-9,12H,5-7,10-11,13H2,1-4H3,(H2,23,24,25);1H. The van der Waals surface area contributed by atoms with E-state index in [1.165, 1.54) is 11.8 Å². The van der Waals surface area contributed by atoms with Crippen LogP contribution in [-0.2, 0) is 32.9 Å². The van der Waals surface area contributed by atoms with Crippen LogP contribution in [0.1, 0.15) is 43.3 Å². The molecule has 0 aliphatic rings. The highest BCUT2D eigenvalue weighted by Gasteiger charge is 2.13. The third-order valence-electron chi connectivity index (χ3n) is 4.46. The van der Waals surface area contributed by atoms with Crippen molar-refractivity contribution in [3.8, 4) is 0 Å². The van der Waals surface area contributed by atoms with Crippen LogP contribution in [0.25, 0.3) is 0 Å². The highest BCUT2D eigenvalue weighted by molar-refractivity contribution is 14.0. The molecule has 2 rings (SSSR count). The number of aromatic nitrogens is 2. The third kappa shape index (κ3) is 6.42. The minimum Gasteiger partial charge on any atom is -0.357 e. The van der Waals surface area contributed by atoms with E-state index < -0.39 is 11.6 Å². The largest absolute Gasteiger partial charge is 0.357 e. The number of hydrogen-bond donors (Lipinski definition) is 2. The fourth-order valence-corrected chi connectivity index (χ4v) is 3.12. The van der Waals surface area contributed by atoms with E-state index in [1.54, 1.807) is 0 Å². The van der Waals surface area contributed by atoms with Crippen LogP contribution < -0.4 is 10.6 Å². The van der Waals surface area contributed by atoms with Gasteiger partial charge >= 0.3 is 0 Å². The number of halogens is 3. The maximum Gasteiger partial charge on any atom is 0.191 e. The molecule has 1 aromatic carbocycles. The highest BCUT2D eigenvalue weighted by Crippen LogP contribution is 2.16. The van der Waals surface area contributed by atoms with Gasteiger partial charge in [0, 0.05) is 31.4 Å². The van der Waals surface area contributed by atoms with Gasteiger partial charge in [-0.3, -0.25) is 4.68 Å². The van der Waals surface area contributed by atoms with E-state index in [1.807, 2.05) is 18.7 Å². The van der Waals surface area contributed by atoms with E-state index in [2.05, 4.69) is 34.6 Å². The lowest BCUT2D eigenvalue weighted by Gasteiger charge is -2.12. The summed E-state index contributed by atoms with van der Waals surface area (Å²) in [4.78, 5) is 4.66. The number of hydrogen-bond acceptors (Lipinski definition) is 2. The number of rotatable bonds is 8. The van der Waals surface area contributed by atoms with Gasteiger partial charge in [0.25, 0.3) is 0 Å². The van der Waals surface area contributed by atoms with Crippen molar-refractivity contribution >= 4 is 29.9 Å². The molecule has 0 aliphatic carbocycles. The second kappa shape index (κ2) is 12.0. The zero-order valence-electron chi connectivity index (χ0n) is 17.0. The number of nitrogens with one attached hydrogen (secondary N) is 2. The Morgan fingerprint density at radius 2 is 1.89 bits per heavy atom. The van der Waals surface area contributed by atoms with Gasteiger partial charge in [0.05, 0.1) is 12.2 Å². The van der Waals surface area contributed by atoms with Crippen molar-refractivity contribution in [2.75, 3.05) is 13.1 Å². The quantitative estimate of drug-likeness (QED) is 0.327. The molecule has 0 radical (unpaired) electrons. The van der Waals surface area contributed by atoms with Crippen molar-refractivity contribution in [2.45, 2.75) is 46.6 Å². The summed E-state index contributed by atoms with van der Waals surface area (Å²) < 4.78 is 28.9. The monoisotopic (exact) mass is 505 g/mol. The van der Waals surface area contributed by atoms with Crippen LogP contribution in [-0.4, -0.2) is 28.8 Å². The number of aryl methyl sites for hydroxylation is 2. The van der Waals surface area contributed by atoms with Crippen LogP contribution in [0.5, 0.6) is 0 Å². The van der Waals surface area contributed by atoms with Gasteiger partial charge in [-0.25, -0.2) is 13.8 Å². The Labute approximate surface area is 183 Å². The molecule has 0 spiro atoms. The molecule has 156 valence electrons. The van der Waals surface area contributed by atoms with Crippen molar-refractivity contribution in [3.05, 3.63) is 52.3 Å². The molecule has 5 nitrogen and oxygen atoms in total. The molecular formula is C20H30F2IN5. The lowest BCUT2D eigenvalue weighted by atomic mass is 10.1. The molecule has 2 aromatic rings. The van der Waals surface area contributed by atoms with Crippen LogP contribution in [0.15, 0.2) is 23.2 Å². The van der Waals surface area contributed by atoms with Crippen molar-refractivity contribution in [1.82, 2.24) is 20.4 Å². The summed E-state index contributed by atoms with van der Waals surface area (Å²) in [7, 11) is 1.96. The van der Waals surface area contributed by atoms with E-state index in [4.69, 9.17) is 0 Å². The van der Waals surface area contributed by atoms with Gasteiger partial charge < -0.3 is 10.6 Å². The molecule has 0 fully saturated rings. The molecule has 0 amide bonds. The zero-order valence-corrected chi connectivity index (χ0v) is 19.3. The van der Waals surface area contributed by atoms with Gasteiger partial charge in [0.1, 0.15) is 11.6 Å². The van der Waals surface area contributed by atoms with Crippen LogP contribution >= 0.6 is 24.0 Å². The Kier molecular flexibility index (Phi) is 10.4. The summed E-state index contributed by atoms with van der Waals surface area (Å²) in [6, 6.07) is 3.52. The fourth-order valence-electron chi connectivity index (χ4n) is 3.12. The smallest absolute Gasteiger partial charge is 0.191 e. The Balaban J connectivity index is 0.00000392. The van der Waals surface area contributed by atoms with Gasteiger partial charge in [0.15, 0.2) is 5.96 Å². The van der Waals surface area contributed by atoms with E-state index in [9.17, 15) is 8.78 Å². The van der Waals surface area contributed by atoms with Gasteiger partial charge in [-0.1, -0.05) is 13.8 Å². The molecule has 0 unspecified atom stereocenters. The summed E-state index contributed by atoms with van der Waals surface area (Å²) in [5.74, 6) is -0.166. The maximum absolute atomic E-state index is 13.7. The van der Waals surface area contributed by atoms with Crippen molar-refractivity contribution in [1.29, 1.82) is 0 Å². The van der Waals surface area contributed by atoms with Crippen molar-refractivity contribution in [3.63, 3.8) is 0 Å². The molecule has 0 aliphatic heterocycles. The van der Waals surface area contributed by atoms with Crippen LogP contribution in [0.4, 0.5) is 8.78 Å². The SMILES string of the molecule is CCNC(=NCc1c(CC)nn(C)c1CC)NCCc1cc(F)ccc1F.I. The van der Waals surface area contributed by atoms with Crippen LogP contribution in [0.3, 0.4) is 0 Å². The summed E-state index contributed by atoms with van der Waals surface area (Å²) in [6.07, 6.45) is 2.14. The minimum atomic E-state index is -0.428. The highest BCUT2D eigenvalue weighted by atomic mass is 127. The van der Waals surface area contributed by atoms with Crippen molar-refractivity contribution < 1.29 is 8.78 Å². The number of aliphatic imine (C=N–C) groups is 1. The minimum absolute atomic E-state index is 0. The topological polar surface area (TPSA) is 54.2 Å². The first-order valence-electron chi connectivity index (χ1n) is 9.49. The zero-order chi connectivity index (χ0) is 19.8. The first kappa shape index (κ1) is 24.3. The van der Waals surface area contributed by atoms with Gasteiger partial charge in [-0.05, 0) is 49.9 Å². The molecule has 28 heavy (non-hydrogen) atoms. The normalized spacial score (nSPS) is 11.3. The predicted molar refractivity (Wildman–Crippen MR) is 120 cm³/mol. The van der Waals surface area contributed by atoms with Crippen LogP contribution in [0, 0.1) is 11.6 Å². The Bertz CT molecular complexity index is 789. The molecule has 0 saturated carbocycles. The van der Waals surface area contributed by atoms with Gasteiger partial charge in [0.2, 0.25) is 0 Å². The van der Waals surface area contributed by atoms with E-state index in [0.717, 1.165) is 36.2 Å². The summed E-state index contributed by atoms with van der Waals surface area (Å²) >= 11 is 0. The average Bonchev–Trinajstić information content (AvgIpc) is 2.97. The van der Waals surface area contributed by atoms with E-state index >= 15 is 0 Å². The molecule has 1 aromatic heterocycles. The molecule has 8 heteroatoms. The molecule has 0 bridgehead atoms. The molecule has 0 atom stereocenters. The number of guanidine groups is 1. The second-order valence-electron chi connectivity index (χ2n) is 6.31. The molecular weight excluding hydrogens is 475 g/mol. The second-order valence-corrected chi connectivity index (χ2v) is 6.31. The Morgan fingerprint density at radius 3 is 2.54 bits per heavy atom. The van der Waals surface area contributed by atoms with E-state index in [-0.39, 0.29) is 24.0 Å². The third-order valence-corrected chi connectivity index (χ3v) is 4.46. The summed E-state index contributed by atoms with van der Waals surface area (Å²) in [6.45, 7) is 7.90. The van der Waals surface area contributed by atoms with E-state index in [0.29, 0.717) is 37.6 Å². The lowest BCUT2D eigenvalue weighted by molar-refractivity contribution is 0.583. The van der Waals surface area contributed by atoms with Crippen molar-refractivity contribution in [2.24, 2.45) is 12.0 Å². The first-order valence-corrected chi connectivity index (χ1v) is 9.49. The maximum atomic E-state index is 13.7. The number of benzene rings is 1.